The molecule has 0 heterocycles. The number of carbonyl (C=O) groups is 1. The molecule has 162 valence electrons. The summed E-state index contributed by atoms with van der Waals surface area (Å²) in [6.07, 6.45) is 0. The van der Waals surface area contributed by atoms with Crippen molar-refractivity contribution < 1.29 is 31.1 Å². The number of halogens is 3. The van der Waals surface area contributed by atoms with Crippen LogP contribution in [-0.2, 0) is 9.84 Å². The van der Waals surface area contributed by atoms with Gasteiger partial charge >= 0.3 is 5.76 Å². The molecule has 0 aliphatic heterocycles. The van der Waals surface area contributed by atoms with Crippen LogP contribution in [0.5, 0.6) is 11.5 Å². The lowest BCUT2D eigenvalue weighted by molar-refractivity contribution is 0.102. The summed E-state index contributed by atoms with van der Waals surface area (Å²) in [5.74, 6) is -4.85. The van der Waals surface area contributed by atoms with E-state index >= 15 is 0 Å². The van der Waals surface area contributed by atoms with Crippen molar-refractivity contribution in [3.8, 4) is 11.5 Å². The van der Waals surface area contributed by atoms with Crippen molar-refractivity contribution in [2.75, 3.05) is 5.32 Å². The molecule has 9 heteroatoms. The Morgan fingerprint density at radius 2 is 1.61 bits per heavy atom. The van der Waals surface area contributed by atoms with Crippen LogP contribution in [0.2, 0.25) is 0 Å². The van der Waals surface area contributed by atoms with Gasteiger partial charge in [0.15, 0.2) is 11.6 Å². The number of para-hydroxylation sites is 1. The Hall–Kier alpha value is -3.33. The second-order valence-corrected chi connectivity index (χ2v) is 8.74. The van der Waals surface area contributed by atoms with Crippen LogP contribution in [0.3, 0.4) is 0 Å². The Bertz CT molecular complexity index is 1220. The summed E-state index contributed by atoms with van der Waals surface area (Å²) in [7, 11) is -4.88. The number of anilines is 1. The maximum absolute atomic E-state index is 14.5. The second-order valence-electron chi connectivity index (χ2n) is 6.83. The molecule has 0 saturated carbocycles. The Balaban J connectivity index is 1.92. The Kier molecular flexibility index (Phi) is 6.35. The highest BCUT2D eigenvalue weighted by atomic mass is 32.2. The summed E-state index contributed by atoms with van der Waals surface area (Å²) >= 11 is 0. The molecule has 0 radical (unpaired) electrons. The summed E-state index contributed by atoms with van der Waals surface area (Å²) < 4.78 is 69.1. The van der Waals surface area contributed by atoms with Gasteiger partial charge in [0.05, 0.1) is 4.90 Å². The maximum atomic E-state index is 14.5. The van der Waals surface area contributed by atoms with Crippen LogP contribution >= 0.6 is 0 Å². The van der Waals surface area contributed by atoms with Crippen molar-refractivity contribution in [2.24, 2.45) is 0 Å². The standard InChI is InChI=1S/C22H18F3NO4S/c1-13-9-14(2)11-16(10-13)30-19-8-4-7-18(23)20(19)26-21(27)15-5-3-6-17(12-15)31(28,29)22(24)25/h3-12,22H,1-2H3,(H,26,27). The number of benzene rings is 3. The highest BCUT2D eigenvalue weighted by molar-refractivity contribution is 7.91. The fourth-order valence-electron chi connectivity index (χ4n) is 2.93. The van der Waals surface area contributed by atoms with Gasteiger partial charge in [0.2, 0.25) is 9.84 Å². The Morgan fingerprint density at radius 3 is 2.26 bits per heavy atom. The second kappa shape index (κ2) is 8.81. The number of sulfone groups is 1. The lowest BCUT2D eigenvalue weighted by Crippen LogP contribution is -2.16. The van der Waals surface area contributed by atoms with Crippen molar-refractivity contribution >= 4 is 21.4 Å². The van der Waals surface area contributed by atoms with E-state index in [-0.39, 0.29) is 17.0 Å². The molecule has 0 aliphatic rings. The molecule has 1 amide bonds. The summed E-state index contributed by atoms with van der Waals surface area (Å²) in [5.41, 5.74) is 1.35. The van der Waals surface area contributed by atoms with Gasteiger partial charge in [-0.15, -0.1) is 0 Å². The van der Waals surface area contributed by atoms with E-state index < -0.39 is 32.2 Å². The molecule has 0 fully saturated rings. The van der Waals surface area contributed by atoms with Gasteiger partial charge in [0.1, 0.15) is 11.4 Å². The van der Waals surface area contributed by atoms with Crippen molar-refractivity contribution in [3.63, 3.8) is 0 Å². The molecule has 0 aromatic heterocycles. The first-order valence-electron chi connectivity index (χ1n) is 9.06. The van der Waals surface area contributed by atoms with Crippen LogP contribution in [0.15, 0.2) is 65.6 Å². The number of rotatable bonds is 6. The van der Waals surface area contributed by atoms with E-state index in [0.29, 0.717) is 5.75 Å². The molecular formula is C22H18F3NO4S. The van der Waals surface area contributed by atoms with E-state index in [1.165, 1.54) is 18.2 Å². The van der Waals surface area contributed by atoms with E-state index in [1.807, 2.05) is 19.9 Å². The number of ether oxygens (including phenoxy) is 1. The number of aryl methyl sites for hydroxylation is 2. The molecule has 0 aliphatic carbocycles. The lowest BCUT2D eigenvalue weighted by Gasteiger charge is -2.14. The Morgan fingerprint density at radius 1 is 0.968 bits per heavy atom. The van der Waals surface area contributed by atoms with Gasteiger partial charge in [-0.05, 0) is 67.4 Å². The predicted octanol–water partition coefficient (Wildman–Crippen LogP) is 5.48. The summed E-state index contributed by atoms with van der Waals surface area (Å²) in [6.45, 7) is 3.74. The van der Waals surface area contributed by atoms with E-state index in [0.717, 1.165) is 35.4 Å². The third-order valence-corrected chi connectivity index (χ3v) is 5.68. The van der Waals surface area contributed by atoms with E-state index in [1.54, 1.807) is 12.1 Å². The fourth-order valence-corrected chi connectivity index (χ4v) is 3.70. The number of alkyl halides is 2. The molecule has 0 atom stereocenters. The van der Waals surface area contributed by atoms with Crippen molar-refractivity contribution in [1.82, 2.24) is 0 Å². The summed E-state index contributed by atoms with van der Waals surface area (Å²) in [6, 6.07) is 13.5. The van der Waals surface area contributed by atoms with Gasteiger partial charge in [-0.1, -0.05) is 18.2 Å². The zero-order valence-electron chi connectivity index (χ0n) is 16.5. The van der Waals surface area contributed by atoms with Gasteiger partial charge in [-0.3, -0.25) is 4.79 Å². The van der Waals surface area contributed by atoms with Crippen LogP contribution in [0.1, 0.15) is 21.5 Å². The third-order valence-electron chi connectivity index (χ3n) is 4.30. The average molecular weight is 449 g/mol. The molecule has 31 heavy (non-hydrogen) atoms. The monoisotopic (exact) mass is 449 g/mol. The van der Waals surface area contributed by atoms with Crippen molar-refractivity contribution in [1.29, 1.82) is 0 Å². The quantitative estimate of drug-likeness (QED) is 0.541. The highest BCUT2D eigenvalue weighted by Gasteiger charge is 2.27. The van der Waals surface area contributed by atoms with Crippen LogP contribution in [0.25, 0.3) is 0 Å². The minimum atomic E-state index is -4.88. The number of amides is 1. The molecule has 0 bridgehead atoms. The molecule has 5 nitrogen and oxygen atoms in total. The topological polar surface area (TPSA) is 72.5 Å². The number of nitrogens with one attached hydrogen (secondary N) is 1. The normalized spacial score (nSPS) is 11.4. The maximum Gasteiger partial charge on any atom is 0.341 e. The lowest BCUT2D eigenvalue weighted by atomic mass is 10.1. The van der Waals surface area contributed by atoms with Crippen LogP contribution in [0.4, 0.5) is 18.9 Å². The van der Waals surface area contributed by atoms with E-state index in [4.69, 9.17) is 4.74 Å². The zero-order valence-corrected chi connectivity index (χ0v) is 17.3. The first kappa shape index (κ1) is 22.4. The third kappa shape index (κ3) is 5.05. The molecule has 3 aromatic carbocycles. The smallest absolute Gasteiger partial charge is 0.341 e. The van der Waals surface area contributed by atoms with Gasteiger partial charge in [0.25, 0.3) is 5.91 Å². The largest absolute Gasteiger partial charge is 0.455 e. The van der Waals surface area contributed by atoms with Crippen LogP contribution in [-0.4, -0.2) is 20.1 Å². The number of hydrogen-bond donors (Lipinski definition) is 1. The van der Waals surface area contributed by atoms with Crippen molar-refractivity contribution in [2.45, 2.75) is 24.5 Å². The predicted molar refractivity (Wildman–Crippen MR) is 110 cm³/mol. The molecule has 0 saturated heterocycles. The molecule has 0 unspecified atom stereocenters. The molecule has 3 aromatic rings. The minimum absolute atomic E-state index is 0.0229. The Labute approximate surface area is 177 Å². The molecule has 1 N–H and O–H groups in total. The fraction of sp³-hybridized carbons (Fsp3) is 0.136. The molecular weight excluding hydrogens is 431 g/mol. The van der Waals surface area contributed by atoms with Crippen LogP contribution < -0.4 is 10.1 Å². The van der Waals surface area contributed by atoms with Gasteiger partial charge in [-0.25, -0.2) is 12.8 Å². The van der Waals surface area contributed by atoms with Gasteiger partial charge in [0, 0.05) is 5.56 Å². The molecule has 0 spiro atoms. The van der Waals surface area contributed by atoms with E-state index in [2.05, 4.69) is 5.32 Å². The van der Waals surface area contributed by atoms with Gasteiger partial charge < -0.3 is 10.1 Å². The molecule has 3 rings (SSSR count). The SMILES string of the molecule is Cc1cc(C)cc(Oc2cccc(F)c2NC(=O)c2cccc(S(=O)(=O)C(F)F)c2)c1. The number of carbonyl (C=O) groups excluding carboxylic acids is 1. The minimum Gasteiger partial charge on any atom is -0.455 e. The van der Waals surface area contributed by atoms with Crippen LogP contribution in [0, 0.1) is 19.7 Å². The van der Waals surface area contributed by atoms with E-state index in [9.17, 15) is 26.4 Å². The first-order chi connectivity index (χ1) is 14.6. The summed E-state index contributed by atoms with van der Waals surface area (Å²) in [4.78, 5) is 11.9. The highest BCUT2D eigenvalue weighted by Crippen LogP contribution is 2.33. The number of hydrogen-bond acceptors (Lipinski definition) is 4. The summed E-state index contributed by atoms with van der Waals surface area (Å²) in [5, 5.41) is 2.33. The first-order valence-corrected chi connectivity index (χ1v) is 10.6. The van der Waals surface area contributed by atoms with Crippen molar-refractivity contribution in [3.05, 3.63) is 83.2 Å². The average Bonchev–Trinajstić information content (AvgIpc) is 2.69. The van der Waals surface area contributed by atoms with Gasteiger partial charge in [-0.2, -0.15) is 8.78 Å². The zero-order chi connectivity index (χ0) is 22.8.